The third kappa shape index (κ3) is 5.74. The molecular weight excluding hydrogens is 350 g/mol. The Hall–Kier alpha value is -1.19. The molecule has 10 heteroatoms. The minimum Gasteiger partial charge on any atom is -0.406 e. The van der Waals surface area contributed by atoms with Crippen LogP contribution in [0.15, 0.2) is 24.3 Å². The van der Waals surface area contributed by atoms with Crippen LogP contribution in [0.4, 0.5) is 26.3 Å². The molecule has 3 nitrogen and oxygen atoms in total. The maximum absolute atomic E-state index is 13.3. The lowest BCUT2D eigenvalue weighted by Gasteiger charge is -2.36. The summed E-state index contributed by atoms with van der Waals surface area (Å²) in [6.07, 6.45) is -9.38. The molecule has 1 atom stereocenters. The van der Waals surface area contributed by atoms with Crippen molar-refractivity contribution in [1.82, 2.24) is 10.2 Å². The fourth-order valence-electron chi connectivity index (χ4n) is 2.40. The van der Waals surface area contributed by atoms with Crippen LogP contribution in [-0.2, 0) is 0 Å². The molecule has 1 fully saturated rings. The maximum atomic E-state index is 13.3. The summed E-state index contributed by atoms with van der Waals surface area (Å²) >= 11 is 0. The highest BCUT2D eigenvalue weighted by Gasteiger charge is 2.44. The largest absolute Gasteiger partial charge is 0.573 e. The van der Waals surface area contributed by atoms with Crippen LogP contribution in [0, 0.1) is 0 Å². The maximum Gasteiger partial charge on any atom is 0.573 e. The first-order chi connectivity index (χ1) is 10.2. The zero-order chi connectivity index (χ0) is 16.4. The van der Waals surface area contributed by atoms with E-state index in [4.69, 9.17) is 0 Å². The van der Waals surface area contributed by atoms with Gasteiger partial charge in [-0.15, -0.1) is 25.6 Å². The minimum absolute atomic E-state index is 0. The quantitative estimate of drug-likeness (QED) is 0.831. The van der Waals surface area contributed by atoms with E-state index in [9.17, 15) is 26.3 Å². The molecule has 0 aliphatic carbocycles. The normalized spacial score (nSPS) is 18.2. The van der Waals surface area contributed by atoms with Gasteiger partial charge in [-0.25, -0.2) is 0 Å². The van der Waals surface area contributed by atoms with Crippen LogP contribution in [0.2, 0.25) is 0 Å². The second kappa shape index (κ2) is 7.59. The number of ether oxygens (including phenoxy) is 1. The summed E-state index contributed by atoms with van der Waals surface area (Å²) in [7, 11) is 0. The summed E-state index contributed by atoms with van der Waals surface area (Å²) in [4.78, 5) is 1.26. The van der Waals surface area contributed by atoms with Crippen LogP contribution in [-0.4, -0.2) is 43.6 Å². The lowest BCUT2D eigenvalue weighted by Crippen LogP contribution is -2.49. The van der Waals surface area contributed by atoms with Crippen molar-refractivity contribution in [3.63, 3.8) is 0 Å². The molecular formula is C13H15ClF6N2O. The van der Waals surface area contributed by atoms with Gasteiger partial charge in [0.25, 0.3) is 0 Å². The Morgan fingerprint density at radius 1 is 0.957 bits per heavy atom. The van der Waals surface area contributed by atoms with Crippen molar-refractivity contribution in [3.8, 4) is 5.75 Å². The van der Waals surface area contributed by atoms with Crippen LogP contribution in [0.5, 0.6) is 5.75 Å². The van der Waals surface area contributed by atoms with E-state index < -0.39 is 24.3 Å². The first-order valence-corrected chi connectivity index (χ1v) is 6.54. The van der Waals surface area contributed by atoms with Crippen molar-refractivity contribution < 1.29 is 31.1 Å². The van der Waals surface area contributed by atoms with E-state index in [-0.39, 0.29) is 31.1 Å². The summed E-state index contributed by atoms with van der Waals surface area (Å²) in [5.41, 5.74) is -0.107. The highest BCUT2D eigenvalue weighted by Crippen LogP contribution is 2.38. The van der Waals surface area contributed by atoms with Gasteiger partial charge in [0.05, 0.1) is 0 Å². The zero-order valence-electron chi connectivity index (χ0n) is 11.7. The number of piperazine rings is 1. The molecule has 132 valence electrons. The molecule has 23 heavy (non-hydrogen) atoms. The van der Waals surface area contributed by atoms with Gasteiger partial charge in [-0.2, -0.15) is 13.2 Å². The second-order valence-corrected chi connectivity index (χ2v) is 4.85. The lowest BCUT2D eigenvalue weighted by molar-refractivity contribution is -0.274. The van der Waals surface area contributed by atoms with Crippen LogP contribution in [0.1, 0.15) is 11.6 Å². The van der Waals surface area contributed by atoms with Crippen molar-refractivity contribution in [2.75, 3.05) is 26.2 Å². The van der Waals surface area contributed by atoms with Crippen molar-refractivity contribution in [3.05, 3.63) is 29.8 Å². The van der Waals surface area contributed by atoms with Gasteiger partial charge < -0.3 is 10.1 Å². The Bertz CT molecular complexity index is 485. The molecule has 0 bridgehead atoms. The number of nitrogens with zero attached hydrogens (tertiary/aromatic N) is 1. The predicted octanol–water partition coefficient (Wildman–Crippen LogP) is 3.52. The molecule has 1 N–H and O–H groups in total. The summed E-state index contributed by atoms with van der Waals surface area (Å²) in [6, 6.07) is 1.98. The van der Waals surface area contributed by atoms with E-state index in [0.29, 0.717) is 13.1 Å². The minimum atomic E-state index is -4.87. The molecule has 0 spiro atoms. The van der Waals surface area contributed by atoms with Crippen LogP contribution in [0.3, 0.4) is 0 Å². The molecule has 1 heterocycles. The van der Waals surface area contributed by atoms with Gasteiger partial charge in [-0.3, -0.25) is 4.90 Å². The molecule has 0 aromatic heterocycles. The van der Waals surface area contributed by atoms with E-state index in [1.165, 1.54) is 4.90 Å². The average Bonchev–Trinajstić information content (AvgIpc) is 2.39. The Labute approximate surface area is 135 Å². The van der Waals surface area contributed by atoms with Gasteiger partial charge in [0.1, 0.15) is 11.8 Å². The smallest absolute Gasteiger partial charge is 0.406 e. The molecule has 1 aliphatic heterocycles. The van der Waals surface area contributed by atoms with Crippen molar-refractivity contribution in [2.45, 2.75) is 18.6 Å². The van der Waals surface area contributed by atoms with E-state index >= 15 is 0 Å². The SMILES string of the molecule is Cl.FC(F)(F)Oc1ccc([C@H](N2CCNCC2)C(F)(F)F)cc1. The van der Waals surface area contributed by atoms with E-state index in [1.807, 2.05) is 0 Å². The average molecular weight is 365 g/mol. The number of halogens is 7. The van der Waals surface area contributed by atoms with Crippen molar-refractivity contribution >= 4 is 12.4 Å². The van der Waals surface area contributed by atoms with E-state index in [0.717, 1.165) is 24.3 Å². The molecule has 0 radical (unpaired) electrons. The van der Waals surface area contributed by atoms with Gasteiger partial charge in [-0.05, 0) is 17.7 Å². The van der Waals surface area contributed by atoms with Crippen molar-refractivity contribution in [2.24, 2.45) is 0 Å². The third-order valence-electron chi connectivity index (χ3n) is 3.26. The fraction of sp³-hybridized carbons (Fsp3) is 0.538. The van der Waals surface area contributed by atoms with Crippen LogP contribution < -0.4 is 10.1 Å². The molecule has 1 saturated heterocycles. The Kier molecular flexibility index (Phi) is 6.55. The van der Waals surface area contributed by atoms with Crippen LogP contribution >= 0.6 is 12.4 Å². The molecule has 2 rings (SSSR count). The summed E-state index contributed by atoms with van der Waals surface area (Å²) in [5.74, 6) is -0.544. The third-order valence-corrected chi connectivity index (χ3v) is 3.26. The van der Waals surface area contributed by atoms with Crippen molar-refractivity contribution in [1.29, 1.82) is 0 Å². The monoisotopic (exact) mass is 364 g/mol. The number of benzene rings is 1. The number of hydrogen-bond acceptors (Lipinski definition) is 3. The second-order valence-electron chi connectivity index (χ2n) is 4.85. The summed E-state index contributed by atoms with van der Waals surface area (Å²) in [6.45, 7) is 1.29. The standard InChI is InChI=1S/C13H14F6N2O.ClH/c14-12(15,16)11(21-7-5-20-6-8-21)9-1-3-10(4-2-9)22-13(17,18)19;/h1-4,11,20H,5-8H2;1H/t11-;/m0./s1. The predicted molar refractivity (Wildman–Crippen MR) is 73.6 cm³/mol. The molecule has 0 unspecified atom stereocenters. The first-order valence-electron chi connectivity index (χ1n) is 6.54. The lowest BCUT2D eigenvalue weighted by atomic mass is 10.0. The number of alkyl halides is 6. The van der Waals surface area contributed by atoms with E-state index in [2.05, 4.69) is 10.1 Å². The zero-order valence-corrected chi connectivity index (χ0v) is 12.6. The Morgan fingerprint density at radius 3 is 1.91 bits per heavy atom. The van der Waals surface area contributed by atoms with Gasteiger partial charge in [0, 0.05) is 26.2 Å². The molecule has 0 saturated carbocycles. The molecule has 1 aromatic rings. The Balaban J connectivity index is 0.00000264. The number of hydrogen-bond donors (Lipinski definition) is 1. The summed E-state index contributed by atoms with van der Waals surface area (Å²) in [5, 5.41) is 2.95. The first kappa shape index (κ1) is 19.9. The fourth-order valence-corrected chi connectivity index (χ4v) is 2.40. The number of nitrogens with one attached hydrogen (secondary N) is 1. The molecule has 1 aromatic carbocycles. The Morgan fingerprint density at radius 2 is 1.48 bits per heavy atom. The number of rotatable bonds is 3. The summed E-state index contributed by atoms with van der Waals surface area (Å²) < 4.78 is 79.7. The van der Waals surface area contributed by atoms with E-state index in [1.54, 1.807) is 0 Å². The van der Waals surface area contributed by atoms with Gasteiger partial charge >= 0.3 is 12.5 Å². The van der Waals surface area contributed by atoms with Gasteiger partial charge in [0.2, 0.25) is 0 Å². The molecule has 1 aliphatic rings. The van der Waals surface area contributed by atoms with Crippen LogP contribution in [0.25, 0.3) is 0 Å². The highest BCUT2D eigenvalue weighted by atomic mass is 35.5. The highest BCUT2D eigenvalue weighted by molar-refractivity contribution is 5.85. The van der Waals surface area contributed by atoms with Gasteiger partial charge in [0.15, 0.2) is 0 Å². The topological polar surface area (TPSA) is 24.5 Å². The molecule has 0 amide bonds. The van der Waals surface area contributed by atoms with Gasteiger partial charge in [-0.1, -0.05) is 12.1 Å².